The number of hydrogen-bond donors (Lipinski definition) is 0. The predicted molar refractivity (Wildman–Crippen MR) is 75.0 cm³/mol. The minimum atomic E-state index is -4.22. The maximum absolute atomic E-state index is 12.4. The molecule has 19 heavy (non-hydrogen) atoms. The molecule has 0 atom stereocenters. The molecule has 0 spiro atoms. The van der Waals surface area contributed by atoms with Crippen molar-refractivity contribution in [1.29, 1.82) is 0 Å². The van der Waals surface area contributed by atoms with E-state index in [2.05, 4.69) is 25.1 Å². The first-order valence-corrected chi connectivity index (χ1v) is 6.52. The Hall–Kier alpha value is -1.03. The molecular formula is C15H24F3N. The molecule has 0 unspecified atom stereocenters. The lowest BCUT2D eigenvalue weighted by Crippen LogP contribution is -2.29. The van der Waals surface area contributed by atoms with E-state index in [4.69, 9.17) is 0 Å². The second-order valence-corrected chi connectivity index (χ2v) is 4.63. The van der Waals surface area contributed by atoms with Crippen LogP contribution in [-0.4, -0.2) is 31.2 Å². The molecule has 1 nitrogen and oxygen atoms in total. The number of piperidine rings is 1. The summed E-state index contributed by atoms with van der Waals surface area (Å²) in [7, 11) is 2.08. The second-order valence-electron chi connectivity index (χ2n) is 4.63. The van der Waals surface area contributed by atoms with Crippen molar-refractivity contribution in [1.82, 2.24) is 4.90 Å². The molecule has 0 aliphatic carbocycles. The van der Waals surface area contributed by atoms with Crippen LogP contribution < -0.4 is 0 Å². The van der Waals surface area contributed by atoms with Gasteiger partial charge in [0.1, 0.15) is 0 Å². The fraction of sp³-hybridized carbons (Fsp3) is 0.600. The molecule has 0 radical (unpaired) electrons. The number of likely N-dealkylation sites (tertiary alicyclic amines) is 1. The summed E-state index contributed by atoms with van der Waals surface area (Å²) in [5.74, 6) is 0.536. The van der Waals surface area contributed by atoms with Crippen molar-refractivity contribution >= 4 is 0 Å². The van der Waals surface area contributed by atoms with Gasteiger partial charge in [0, 0.05) is 0 Å². The molecule has 110 valence electrons. The van der Waals surface area contributed by atoms with E-state index in [1.54, 1.807) is 6.08 Å². The van der Waals surface area contributed by atoms with Gasteiger partial charge in [-0.3, -0.25) is 0 Å². The van der Waals surface area contributed by atoms with Crippen molar-refractivity contribution in [3.63, 3.8) is 0 Å². The fourth-order valence-corrected chi connectivity index (χ4v) is 2.04. The zero-order valence-electron chi connectivity index (χ0n) is 11.8. The normalized spacial score (nSPS) is 19.3. The number of allylic oxidation sites excluding steroid dienone is 4. The van der Waals surface area contributed by atoms with Crippen molar-refractivity contribution in [2.24, 2.45) is 5.92 Å². The lowest BCUT2D eigenvalue weighted by molar-refractivity contribution is -0.0883. The SMILES string of the molecule is C/C=C(\C=C/CC1CCN(C)CC1)C(F)(F)F.C=C. The second kappa shape index (κ2) is 8.97. The van der Waals surface area contributed by atoms with Crippen LogP contribution in [0.4, 0.5) is 13.2 Å². The highest BCUT2D eigenvalue weighted by molar-refractivity contribution is 5.22. The van der Waals surface area contributed by atoms with Gasteiger partial charge in [0.2, 0.25) is 0 Å². The lowest BCUT2D eigenvalue weighted by Gasteiger charge is -2.28. The molecule has 1 saturated heterocycles. The van der Waals surface area contributed by atoms with E-state index in [1.165, 1.54) is 13.0 Å². The number of halogens is 3. The summed E-state index contributed by atoms with van der Waals surface area (Å²) in [6.45, 7) is 9.52. The minimum Gasteiger partial charge on any atom is -0.306 e. The molecule has 1 heterocycles. The highest BCUT2D eigenvalue weighted by atomic mass is 19.4. The molecule has 0 saturated carbocycles. The van der Waals surface area contributed by atoms with Crippen LogP contribution in [0.2, 0.25) is 0 Å². The molecule has 0 aromatic carbocycles. The van der Waals surface area contributed by atoms with Crippen molar-refractivity contribution in [3.05, 3.63) is 37.0 Å². The Morgan fingerprint density at radius 3 is 2.21 bits per heavy atom. The third kappa shape index (κ3) is 7.21. The van der Waals surface area contributed by atoms with Crippen LogP contribution in [0.15, 0.2) is 37.0 Å². The van der Waals surface area contributed by atoms with Gasteiger partial charge >= 0.3 is 6.18 Å². The molecule has 1 rings (SSSR count). The van der Waals surface area contributed by atoms with Crippen LogP contribution in [0.25, 0.3) is 0 Å². The van der Waals surface area contributed by atoms with E-state index in [1.807, 2.05) is 0 Å². The molecule has 0 amide bonds. The Balaban J connectivity index is 0.00000154. The Morgan fingerprint density at radius 2 is 1.79 bits per heavy atom. The predicted octanol–water partition coefficient (Wildman–Crippen LogP) is 4.59. The van der Waals surface area contributed by atoms with E-state index in [0.717, 1.165) is 38.4 Å². The van der Waals surface area contributed by atoms with Crippen molar-refractivity contribution in [3.8, 4) is 0 Å². The summed E-state index contributed by atoms with van der Waals surface area (Å²) in [6.07, 6.45) is 2.68. The van der Waals surface area contributed by atoms with Gasteiger partial charge in [-0.25, -0.2) is 0 Å². The van der Waals surface area contributed by atoms with E-state index in [-0.39, 0.29) is 0 Å². The summed E-state index contributed by atoms with van der Waals surface area (Å²) in [5.41, 5.74) is -0.551. The number of alkyl halides is 3. The van der Waals surface area contributed by atoms with E-state index >= 15 is 0 Å². The number of hydrogen-bond acceptors (Lipinski definition) is 1. The summed E-state index contributed by atoms with van der Waals surface area (Å²) in [4.78, 5) is 2.26. The molecule has 0 bridgehead atoms. The van der Waals surface area contributed by atoms with Gasteiger partial charge in [-0.1, -0.05) is 18.2 Å². The minimum absolute atomic E-state index is 0.536. The molecule has 0 N–H and O–H groups in total. The van der Waals surface area contributed by atoms with Gasteiger partial charge in [0.25, 0.3) is 0 Å². The van der Waals surface area contributed by atoms with Crippen LogP contribution in [0.3, 0.4) is 0 Å². The van der Waals surface area contributed by atoms with Crippen LogP contribution in [0.5, 0.6) is 0 Å². The van der Waals surface area contributed by atoms with Crippen molar-refractivity contribution in [2.45, 2.75) is 32.4 Å². The van der Waals surface area contributed by atoms with Gasteiger partial charge < -0.3 is 4.90 Å². The van der Waals surface area contributed by atoms with E-state index < -0.39 is 11.7 Å². The molecule has 0 aromatic heterocycles. The standard InChI is InChI=1S/C13H20F3N.C2H4/c1-3-12(13(14,15)16)6-4-5-11-7-9-17(2)10-8-11;1-2/h3-4,6,11H,5,7-10H2,1-2H3;1-2H2/b6-4-,12-3+;. The van der Waals surface area contributed by atoms with E-state index in [0.29, 0.717) is 5.92 Å². The Kier molecular flexibility index (Phi) is 8.48. The Bertz CT molecular complexity index is 297. The highest BCUT2D eigenvalue weighted by Crippen LogP contribution is 2.27. The topological polar surface area (TPSA) is 3.24 Å². The Labute approximate surface area is 114 Å². The van der Waals surface area contributed by atoms with Crippen LogP contribution >= 0.6 is 0 Å². The molecule has 1 aliphatic rings. The number of rotatable bonds is 3. The maximum atomic E-state index is 12.4. The molecule has 1 fully saturated rings. The fourth-order valence-electron chi connectivity index (χ4n) is 2.04. The largest absolute Gasteiger partial charge is 0.416 e. The molecule has 4 heteroatoms. The summed E-state index contributed by atoms with van der Waals surface area (Å²) in [6, 6.07) is 0. The van der Waals surface area contributed by atoms with Crippen LogP contribution in [0.1, 0.15) is 26.2 Å². The van der Waals surface area contributed by atoms with Gasteiger partial charge in [0.05, 0.1) is 5.57 Å². The first-order chi connectivity index (χ1) is 8.93. The lowest BCUT2D eigenvalue weighted by atomic mass is 9.93. The third-order valence-electron chi connectivity index (χ3n) is 3.24. The van der Waals surface area contributed by atoms with E-state index in [9.17, 15) is 13.2 Å². The monoisotopic (exact) mass is 275 g/mol. The highest BCUT2D eigenvalue weighted by Gasteiger charge is 2.30. The third-order valence-corrected chi connectivity index (χ3v) is 3.24. The average molecular weight is 275 g/mol. The first kappa shape index (κ1) is 18.0. The van der Waals surface area contributed by atoms with Gasteiger partial charge in [-0.2, -0.15) is 13.2 Å². The summed E-state index contributed by atoms with van der Waals surface area (Å²) in [5, 5.41) is 0. The Morgan fingerprint density at radius 1 is 1.26 bits per heavy atom. The molecule has 1 aliphatic heterocycles. The first-order valence-electron chi connectivity index (χ1n) is 6.52. The summed E-state index contributed by atoms with van der Waals surface area (Å²) >= 11 is 0. The van der Waals surface area contributed by atoms with Crippen LogP contribution in [-0.2, 0) is 0 Å². The van der Waals surface area contributed by atoms with Crippen molar-refractivity contribution < 1.29 is 13.2 Å². The van der Waals surface area contributed by atoms with Crippen LogP contribution in [0, 0.1) is 5.92 Å². The van der Waals surface area contributed by atoms with Gasteiger partial charge in [0.15, 0.2) is 0 Å². The smallest absolute Gasteiger partial charge is 0.306 e. The molecular weight excluding hydrogens is 251 g/mol. The zero-order valence-corrected chi connectivity index (χ0v) is 11.8. The quantitative estimate of drug-likeness (QED) is 0.538. The number of nitrogens with zero attached hydrogens (tertiary/aromatic N) is 1. The van der Waals surface area contributed by atoms with Crippen molar-refractivity contribution in [2.75, 3.05) is 20.1 Å². The average Bonchev–Trinajstić information content (AvgIpc) is 2.38. The van der Waals surface area contributed by atoms with Gasteiger partial charge in [-0.15, -0.1) is 13.2 Å². The maximum Gasteiger partial charge on any atom is 0.416 e. The van der Waals surface area contributed by atoms with Gasteiger partial charge in [-0.05, 0) is 52.2 Å². The summed E-state index contributed by atoms with van der Waals surface area (Å²) < 4.78 is 37.2. The zero-order chi connectivity index (χ0) is 14.9. The molecule has 0 aromatic rings.